The molecule has 2 aliphatic carbocycles. The van der Waals surface area contributed by atoms with Gasteiger partial charge in [0.25, 0.3) is 0 Å². The highest BCUT2D eigenvalue weighted by atomic mass is 16.7. The molecule has 2 aliphatic heterocycles. The predicted molar refractivity (Wildman–Crippen MR) is 67.0 cm³/mol. The number of carbonyl (C=O) groups excluding carboxylic acids is 1. The number of carbonyl (C=O) groups is 1. The molecule has 0 spiro atoms. The first-order valence-electron chi connectivity index (χ1n) is 7.20. The molecule has 0 bridgehead atoms. The molecule has 4 rings (SSSR count). The third-order valence-corrected chi connectivity index (χ3v) is 5.95. The second-order valence-electron chi connectivity index (χ2n) is 6.99. The number of hydrogen-bond acceptors (Lipinski definition) is 4. The fourth-order valence-corrected chi connectivity index (χ4v) is 4.74. The summed E-state index contributed by atoms with van der Waals surface area (Å²) < 4.78 is 10.9. The number of ether oxygens (including phenoxy) is 2. The first-order chi connectivity index (χ1) is 8.93. The van der Waals surface area contributed by atoms with Crippen molar-refractivity contribution < 1.29 is 19.4 Å². The largest absolute Gasteiger partial charge is 0.426 e. The molecule has 0 amide bonds. The van der Waals surface area contributed by atoms with Crippen molar-refractivity contribution in [2.75, 3.05) is 6.61 Å². The zero-order valence-corrected chi connectivity index (χ0v) is 11.4. The number of rotatable bonds is 0. The van der Waals surface area contributed by atoms with Crippen molar-refractivity contribution in [2.45, 2.75) is 51.4 Å². The van der Waals surface area contributed by atoms with Crippen LogP contribution in [0, 0.1) is 17.3 Å². The van der Waals surface area contributed by atoms with Gasteiger partial charge in [0.2, 0.25) is 5.79 Å². The average molecular weight is 264 g/mol. The van der Waals surface area contributed by atoms with Gasteiger partial charge in [-0.3, -0.25) is 0 Å². The normalized spacial score (nSPS) is 51.9. The van der Waals surface area contributed by atoms with Crippen LogP contribution in [-0.2, 0) is 14.3 Å². The molecule has 1 saturated heterocycles. The van der Waals surface area contributed by atoms with Gasteiger partial charge in [0, 0.05) is 23.5 Å². The van der Waals surface area contributed by atoms with Crippen molar-refractivity contribution in [3.05, 3.63) is 11.1 Å². The molecule has 2 heterocycles. The summed E-state index contributed by atoms with van der Waals surface area (Å²) in [5, 5.41) is 10.7. The summed E-state index contributed by atoms with van der Waals surface area (Å²) in [7, 11) is 0. The van der Waals surface area contributed by atoms with E-state index in [0.29, 0.717) is 29.9 Å². The van der Waals surface area contributed by atoms with Crippen LogP contribution in [0.15, 0.2) is 11.1 Å². The number of aliphatic hydroxyl groups is 1. The Morgan fingerprint density at radius 1 is 1.42 bits per heavy atom. The van der Waals surface area contributed by atoms with Gasteiger partial charge in [-0.05, 0) is 37.5 Å². The van der Waals surface area contributed by atoms with Crippen molar-refractivity contribution in [2.24, 2.45) is 17.3 Å². The van der Waals surface area contributed by atoms with Gasteiger partial charge in [0.15, 0.2) is 0 Å². The molecule has 4 nitrogen and oxygen atoms in total. The fraction of sp³-hybridized carbons (Fsp3) is 0.800. The summed E-state index contributed by atoms with van der Waals surface area (Å²) >= 11 is 0. The van der Waals surface area contributed by atoms with Crippen LogP contribution in [-0.4, -0.2) is 29.6 Å². The van der Waals surface area contributed by atoms with Crippen molar-refractivity contribution in [1.82, 2.24) is 0 Å². The molecular formula is C15H20O4. The Morgan fingerprint density at radius 2 is 2.21 bits per heavy atom. The maximum Gasteiger partial charge on any atom is 0.336 e. The molecule has 0 aromatic heterocycles. The zero-order valence-electron chi connectivity index (χ0n) is 11.4. The van der Waals surface area contributed by atoms with E-state index in [2.05, 4.69) is 6.92 Å². The highest BCUT2D eigenvalue weighted by molar-refractivity contribution is 5.92. The quantitative estimate of drug-likeness (QED) is 0.678. The minimum absolute atomic E-state index is 0.0636. The molecule has 0 aromatic carbocycles. The highest BCUT2D eigenvalue weighted by Gasteiger charge is 2.61. The van der Waals surface area contributed by atoms with E-state index in [-0.39, 0.29) is 11.4 Å². The Bertz CT molecular complexity index is 496. The SMILES string of the molecule is CC1=C2CC3C4COC4CCC3(C)CC2(O)OC1=O. The van der Waals surface area contributed by atoms with Crippen molar-refractivity contribution >= 4 is 5.97 Å². The van der Waals surface area contributed by atoms with E-state index < -0.39 is 5.79 Å². The molecule has 0 aromatic rings. The molecule has 2 saturated carbocycles. The van der Waals surface area contributed by atoms with Crippen LogP contribution in [0.5, 0.6) is 0 Å². The molecule has 5 atom stereocenters. The highest BCUT2D eigenvalue weighted by Crippen LogP contribution is 2.60. The van der Waals surface area contributed by atoms with Crippen LogP contribution in [0.1, 0.15) is 39.5 Å². The lowest BCUT2D eigenvalue weighted by molar-refractivity contribution is -0.240. The lowest BCUT2D eigenvalue weighted by Gasteiger charge is -2.58. The summed E-state index contributed by atoms with van der Waals surface area (Å²) in [6, 6.07) is 0. The Balaban J connectivity index is 1.74. The van der Waals surface area contributed by atoms with Crippen molar-refractivity contribution in [3.8, 4) is 0 Å². The van der Waals surface area contributed by atoms with Gasteiger partial charge in [-0.25, -0.2) is 4.79 Å². The first kappa shape index (κ1) is 11.9. The monoisotopic (exact) mass is 264 g/mol. The Morgan fingerprint density at radius 3 is 2.89 bits per heavy atom. The van der Waals surface area contributed by atoms with E-state index in [1.807, 2.05) is 0 Å². The van der Waals surface area contributed by atoms with E-state index in [0.717, 1.165) is 31.4 Å². The average Bonchev–Trinajstić information content (AvgIpc) is 2.48. The number of hydrogen-bond donors (Lipinski definition) is 1. The van der Waals surface area contributed by atoms with Crippen LogP contribution >= 0.6 is 0 Å². The van der Waals surface area contributed by atoms with E-state index in [1.165, 1.54) is 0 Å². The molecule has 19 heavy (non-hydrogen) atoms. The molecule has 5 unspecified atom stereocenters. The molecule has 4 heteroatoms. The molecule has 0 radical (unpaired) electrons. The number of fused-ring (bicyclic) bond motifs is 4. The molecule has 1 N–H and O–H groups in total. The fourth-order valence-electron chi connectivity index (χ4n) is 4.74. The second kappa shape index (κ2) is 3.41. The Kier molecular flexibility index (Phi) is 2.14. The van der Waals surface area contributed by atoms with E-state index in [4.69, 9.17) is 9.47 Å². The van der Waals surface area contributed by atoms with Crippen LogP contribution in [0.3, 0.4) is 0 Å². The maximum atomic E-state index is 11.8. The zero-order chi connectivity index (χ0) is 13.4. The van der Waals surface area contributed by atoms with Gasteiger partial charge >= 0.3 is 5.97 Å². The third-order valence-electron chi connectivity index (χ3n) is 5.95. The van der Waals surface area contributed by atoms with Gasteiger partial charge < -0.3 is 14.6 Å². The van der Waals surface area contributed by atoms with E-state index in [1.54, 1.807) is 6.92 Å². The summed E-state index contributed by atoms with van der Waals surface area (Å²) in [6.07, 6.45) is 3.86. The molecule has 3 fully saturated rings. The van der Waals surface area contributed by atoms with Gasteiger partial charge in [0.05, 0.1) is 12.7 Å². The predicted octanol–water partition coefficient (Wildman–Crippen LogP) is 1.77. The van der Waals surface area contributed by atoms with Gasteiger partial charge in [-0.2, -0.15) is 0 Å². The summed E-state index contributed by atoms with van der Waals surface area (Å²) in [4.78, 5) is 11.8. The van der Waals surface area contributed by atoms with E-state index in [9.17, 15) is 9.90 Å². The maximum absolute atomic E-state index is 11.8. The summed E-state index contributed by atoms with van der Waals surface area (Å²) in [5.74, 6) is -0.565. The van der Waals surface area contributed by atoms with Gasteiger partial charge in [0.1, 0.15) is 0 Å². The lowest BCUT2D eigenvalue weighted by atomic mass is 9.52. The molecular weight excluding hydrogens is 244 g/mol. The van der Waals surface area contributed by atoms with Crippen molar-refractivity contribution in [1.29, 1.82) is 0 Å². The standard InChI is InChI=1S/C15H20O4/c1-8-10-5-11-9-6-18-12(9)3-4-14(11,2)7-15(10,17)19-13(8)16/h9,11-12,17H,3-7H2,1-2H3. The Labute approximate surface area is 112 Å². The van der Waals surface area contributed by atoms with E-state index >= 15 is 0 Å². The van der Waals surface area contributed by atoms with Crippen LogP contribution < -0.4 is 0 Å². The molecule has 4 aliphatic rings. The summed E-state index contributed by atoms with van der Waals surface area (Å²) in [5.41, 5.74) is 1.51. The van der Waals surface area contributed by atoms with Gasteiger partial charge in [-0.15, -0.1) is 0 Å². The minimum Gasteiger partial charge on any atom is -0.426 e. The second-order valence-corrected chi connectivity index (χ2v) is 6.99. The molecule has 104 valence electrons. The Hall–Kier alpha value is -0.870. The lowest BCUT2D eigenvalue weighted by Crippen LogP contribution is -2.58. The van der Waals surface area contributed by atoms with Crippen LogP contribution in [0.25, 0.3) is 0 Å². The number of esters is 1. The van der Waals surface area contributed by atoms with Crippen molar-refractivity contribution in [3.63, 3.8) is 0 Å². The summed E-state index contributed by atoms with van der Waals surface area (Å²) in [6.45, 7) is 4.85. The smallest absolute Gasteiger partial charge is 0.336 e. The van der Waals surface area contributed by atoms with Crippen LogP contribution in [0.4, 0.5) is 0 Å². The van der Waals surface area contributed by atoms with Gasteiger partial charge in [-0.1, -0.05) is 6.92 Å². The third kappa shape index (κ3) is 1.39. The minimum atomic E-state index is -1.33. The first-order valence-corrected chi connectivity index (χ1v) is 7.20. The van der Waals surface area contributed by atoms with Crippen LogP contribution in [0.2, 0.25) is 0 Å². The topological polar surface area (TPSA) is 55.8 Å².